The first kappa shape index (κ1) is 17.3. The van der Waals surface area contributed by atoms with Gasteiger partial charge in [-0.3, -0.25) is 10.1 Å². The summed E-state index contributed by atoms with van der Waals surface area (Å²) in [5.41, 5.74) is 8.56. The van der Waals surface area contributed by atoms with Crippen molar-refractivity contribution in [3.63, 3.8) is 0 Å². The molecule has 0 aliphatic heterocycles. The van der Waals surface area contributed by atoms with Gasteiger partial charge in [0.15, 0.2) is 0 Å². The van der Waals surface area contributed by atoms with Crippen molar-refractivity contribution in [2.24, 2.45) is 0 Å². The van der Waals surface area contributed by atoms with E-state index in [1.165, 1.54) is 0 Å². The first-order valence-corrected chi connectivity index (χ1v) is 7.83. The van der Waals surface area contributed by atoms with Crippen molar-refractivity contribution in [2.75, 3.05) is 5.73 Å². The Hall–Kier alpha value is -2.07. The van der Waals surface area contributed by atoms with Gasteiger partial charge >= 0.3 is 0 Å². The molecule has 0 spiro atoms. The van der Waals surface area contributed by atoms with Gasteiger partial charge in [-0.2, -0.15) is 0 Å². The molecule has 0 aromatic heterocycles. The van der Waals surface area contributed by atoms with Crippen LogP contribution in [0.25, 0.3) is 0 Å². The largest absolute Gasteiger partial charge is 0.393 e. The van der Waals surface area contributed by atoms with Crippen LogP contribution in [0.1, 0.15) is 50.3 Å². The molecule has 2 N–H and O–H groups in total. The van der Waals surface area contributed by atoms with Crippen molar-refractivity contribution in [1.29, 1.82) is 0 Å². The van der Waals surface area contributed by atoms with Crippen molar-refractivity contribution in [2.45, 2.75) is 39.0 Å². The molecule has 0 fully saturated rings. The highest BCUT2D eigenvalue weighted by Crippen LogP contribution is 2.39. The SMILES string of the molecule is CC(c1ccccc1Cl)c1cc(C(C)(C)C)cc([N+](=O)[O-])c1N. The van der Waals surface area contributed by atoms with Crippen LogP contribution in [0.15, 0.2) is 36.4 Å². The molecule has 4 nitrogen and oxygen atoms in total. The molecule has 0 bridgehead atoms. The molecule has 2 rings (SSSR count). The fourth-order valence-corrected chi connectivity index (χ4v) is 2.90. The topological polar surface area (TPSA) is 69.2 Å². The Kier molecular flexibility index (Phi) is 4.66. The minimum atomic E-state index is -0.423. The smallest absolute Gasteiger partial charge is 0.292 e. The fraction of sp³-hybridized carbons (Fsp3) is 0.333. The summed E-state index contributed by atoms with van der Waals surface area (Å²) in [4.78, 5) is 11.0. The molecule has 0 aliphatic carbocycles. The third-order valence-corrected chi connectivity index (χ3v) is 4.44. The Balaban J connectivity index is 2.68. The summed E-state index contributed by atoms with van der Waals surface area (Å²) in [6.07, 6.45) is 0. The first-order chi connectivity index (χ1) is 10.6. The van der Waals surface area contributed by atoms with Crippen molar-refractivity contribution >= 4 is 23.0 Å². The second kappa shape index (κ2) is 6.20. The maximum Gasteiger partial charge on any atom is 0.292 e. The zero-order valence-electron chi connectivity index (χ0n) is 13.8. The van der Waals surface area contributed by atoms with E-state index in [0.29, 0.717) is 5.02 Å². The van der Waals surface area contributed by atoms with Crippen molar-refractivity contribution < 1.29 is 4.92 Å². The summed E-state index contributed by atoms with van der Waals surface area (Å²) in [6, 6.07) is 11.0. The van der Waals surface area contributed by atoms with Gasteiger partial charge in [-0.1, -0.05) is 63.6 Å². The van der Waals surface area contributed by atoms with E-state index in [9.17, 15) is 10.1 Å². The predicted octanol–water partition coefficient (Wildman–Crippen LogP) is 5.28. The minimum Gasteiger partial charge on any atom is -0.393 e. The van der Waals surface area contributed by atoms with Crippen LogP contribution in [0.3, 0.4) is 0 Å². The zero-order valence-corrected chi connectivity index (χ0v) is 14.5. The van der Waals surface area contributed by atoms with E-state index in [2.05, 4.69) is 0 Å². The lowest BCUT2D eigenvalue weighted by Crippen LogP contribution is -2.14. The van der Waals surface area contributed by atoms with Crippen LogP contribution in [-0.2, 0) is 5.41 Å². The molecule has 23 heavy (non-hydrogen) atoms. The number of nitrogen functional groups attached to an aromatic ring is 1. The van der Waals surface area contributed by atoms with E-state index in [4.69, 9.17) is 17.3 Å². The third-order valence-electron chi connectivity index (χ3n) is 4.09. The molecule has 0 saturated heterocycles. The van der Waals surface area contributed by atoms with Crippen LogP contribution in [0.5, 0.6) is 0 Å². The maximum atomic E-state index is 11.4. The second-order valence-corrected chi connectivity index (χ2v) is 7.16. The van der Waals surface area contributed by atoms with Gasteiger partial charge in [0.05, 0.1) is 4.92 Å². The molecule has 0 aliphatic rings. The predicted molar refractivity (Wildman–Crippen MR) is 95.2 cm³/mol. The number of nitrogens with zero attached hydrogens (tertiary/aromatic N) is 1. The lowest BCUT2D eigenvalue weighted by Gasteiger charge is -2.23. The van der Waals surface area contributed by atoms with E-state index in [-0.39, 0.29) is 22.7 Å². The molecule has 0 heterocycles. The van der Waals surface area contributed by atoms with Crippen LogP contribution in [0.4, 0.5) is 11.4 Å². The molecule has 2 aromatic rings. The molecule has 5 heteroatoms. The van der Waals surface area contributed by atoms with Crippen LogP contribution in [0.2, 0.25) is 5.02 Å². The molecule has 2 aromatic carbocycles. The van der Waals surface area contributed by atoms with E-state index < -0.39 is 4.92 Å². The lowest BCUT2D eigenvalue weighted by atomic mass is 9.82. The summed E-state index contributed by atoms with van der Waals surface area (Å²) in [5.74, 6) is -0.135. The molecule has 0 radical (unpaired) electrons. The maximum absolute atomic E-state index is 11.4. The number of nitro groups is 1. The van der Waals surface area contributed by atoms with Crippen LogP contribution < -0.4 is 5.73 Å². The van der Waals surface area contributed by atoms with Gasteiger partial charge < -0.3 is 5.73 Å². The van der Waals surface area contributed by atoms with Crippen LogP contribution in [-0.4, -0.2) is 4.92 Å². The summed E-state index contributed by atoms with van der Waals surface area (Å²) in [5, 5.41) is 12.0. The van der Waals surface area contributed by atoms with Gasteiger partial charge in [-0.05, 0) is 28.2 Å². The zero-order chi connectivity index (χ0) is 17.4. The third kappa shape index (κ3) is 3.48. The number of hydrogen-bond donors (Lipinski definition) is 1. The van der Waals surface area contributed by atoms with Gasteiger partial charge in [-0.15, -0.1) is 0 Å². The number of hydrogen-bond acceptors (Lipinski definition) is 3. The van der Waals surface area contributed by atoms with E-state index in [1.54, 1.807) is 6.07 Å². The highest BCUT2D eigenvalue weighted by Gasteiger charge is 2.26. The number of rotatable bonds is 3. The van der Waals surface area contributed by atoms with Crippen LogP contribution in [0, 0.1) is 10.1 Å². The quantitative estimate of drug-likeness (QED) is 0.472. The standard InChI is InChI=1S/C18H21ClN2O2/c1-11(13-7-5-6-8-15(13)19)14-9-12(18(2,3)4)10-16(17(14)20)21(22)23/h5-11H,20H2,1-4H3. The summed E-state index contributed by atoms with van der Waals surface area (Å²) < 4.78 is 0. The summed E-state index contributed by atoms with van der Waals surface area (Å²) >= 11 is 6.28. The Labute approximate surface area is 141 Å². The monoisotopic (exact) mass is 332 g/mol. The second-order valence-electron chi connectivity index (χ2n) is 6.75. The van der Waals surface area contributed by atoms with Gasteiger partial charge in [0, 0.05) is 17.0 Å². The molecule has 1 unspecified atom stereocenters. The number of nitro benzene ring substituents is 1. The lowest BCUT2D eigenvalue weighted by molar-refractivity contribution is -0.384. The van der Waals surface area contributed by atoms with Gasteiger partial charge in [0.1, 0.15) is 5.69 Å². The van der Waals surface area contributed by atoms with E-state index >= 15 is 0 Å². The molecule has 122 valence electrons. The van der Waals surface area contributed by atoms with E-state index in [0.717, 1.165) is 16.7 Å². The molecule has 0 saturated carbocycles. The Bertz CT molecular complexity index is 751. The fourth-order valence-electron chi connectivity index (χ4n) is 2.60. The molecule has 1 atom stereocenters. The number of halogens is 1. The van der Waals surface area contributed by atoms with E-state index in [1.807, 2.05) is 58.0 Å². The van der Waals surface area contributed by atoms with Gasteiger partial charge in [0.25, 0.3) is 5.69 Å². The number of nitrogens with two attached hydrogens (primary N) is 1. The van der Waals surface area contributed by atoms with Gasteiger partial charge in [0.2, 0.25) is 0 Å². The van der Waals surface area contributed by atoms with Crippen molar-refractivity contribution in [3.8, 4) is 0 Å². The Morgan fingerprint density at radius 3 is 2.30 bits per heavy atom. The normalized spacial score (nSPS) is 12.9. The Morgan fingerprint density at radius 2 is 1.78 bits per heavy atom. The first-order valence-electron chi connectivity index (χ1n) is 7.45. The van der Waals surface area contributed by atoms with Crippen molar-refractivity contribution in [1.82, 2.24) is 0 Å². The molecule has 0 amide bonds. The number of benzene rings is 2. The summed E-state index contributed by atoms with van der Waals surface area (Å²) in [7, 11) is 0. The molecular formula is C18H21ClN2O2. The Morgan fingerprint density at radius 1 is 1.17 bits per heavy atom. The van der Waals surface area contributed by atoms with Gasteiger partial charge in [-0.25, -0.2) is 0 Å². The van der Waals surface area contributed by atoms with Crippen LogP contribution >= 0.6 is 11.6 Å². The van der Waals surface area contributed by atoms with Crippen molar-refractivity contribution in [3.05, 3.63) is 68.2 Å². The number of anilines is 1. The summed E-state index contributed by atoms with van der Waals surface area (Å²) in [6.45, 7) is 8.02. The highest BCUT2D eigenvalue weighted by molar-refractivity contribution is 6.31. The molecular weight excluding hydrogens is 312 g/mol. The minimum absolute atomic E-state index is 0.0497. The average Bonchev–Trinajstić information content (AvgIpc) is 2.45. The highest BCUT2D eigenvalue weighted by atomic mass is 35.5. The average molecular weight is 333 g/mol.